The molecule has 0 saturated carbocycles. The van der Waals surface area contributed by atoms with Crippen molar-refractivity contribution in [3.05, 3.63) is 23.8 Å². The first-order valence-corrected chi connectivity index (χ1v) is 8.41. The molecule has 1 heterocycles. The Morgan fingerprint density at radius 2 is 2.04 bits per heavy atom. The summed E-state index contributed by atoms with van der Waals surface area (Å²) in [5.41, 5.74) is 1.17. The second kappa shape index (κ2) is 8.56. The maximum atomic E-state index is 12.1. The van der Waals surface area contributed by atoms with Crippen LogP contribution < -0.4 is 15.4 Å². The number of unbranched alkanes of at least 4 members (excludes halogenated alkanes) is 3. The zero-order chi connectivity index (χ0) is 16.7. The van der Waals surface area contributed by atoms with Gasteiger partial charge in [0, 0.05) is 12.1 Å². The second-order valence-corrected chi connectivity index (χ2v) is 6.40. The molecule has 0 aromatic heterocycles. The number of ether oxygens (including phenoxy) is 1. The molecule has 1 aliphatic rings. The first-order valence-electron chi connectivity index (χ1n) is 8.41. The summed E-state index contributed by atoms with van der Waals surface area (Å²) in [6.07, 6.45) is 5.91. The Hall–Kier alpha value is -2.04. The molecule has 5 nitrogen and oxygen atoms in total. The average molecular weight is 318 g/mol. The molecule has 0 bridgehead atoms. The number of carbonyl (C=O) groups excluding carboxylic acids is 2. The molecule has 5 heteroatoms. The van der Waals surface area contributed by atoms with Crippen LogP contribution in [0.15, 0.2) is 18.2 Å². The monoisotopic (exact) mass is 318 g/mol. The van der Waals surface area contributed by atoms with Gasteiger partial charge in [-0.1, -0.05) is 39.5 Å². The van der Waals surface area contributed by atoms with Crippen molar-refractivity contribution in [3.8, 4) is 5.75 Å². The van der Waals surface area contributed by atoms with E-state index in [2.05, 4.69) is 24.5 Å². The quantitative estimate of drug-likeness (QED) is 0.722. The number of hydrogen-bond acceptors (Lipinski definition) is 3. The summed E-state index contributed by atoms with van der Waals surface area (Å²) in [5.74, 6) is 1.04. The van der Waals surface area contributed by atoms with Crippen LogP contribution in [0.2, 0.25) is 0 Å². The highest BCUT2D eigenvalue weighted by molar-refractivity contribution is 5.98. The standard InChI is InChI=1S/C18H26N2O3/c1-13(2)7-5-3-4-6-10-19-18(22)14-8-9-15-16(11-14)23-12-17(21)20-15/h8-9,11,13H,3-7,10,12H2,1-2H3,(H,19,22)(H,20,21). The van der Waals surface area contributed by atoms with Crippen molar-refractivity contribution in [3.63, 3.8) is 0 Å². The van der Waals surface area contributed by atoms with Gasteiger partial charge in [0.2, 0.25) is 0 Å². The van der Waals surface area contributed by atoms with Gasteiger partial charge >= 0.3 is 0 Å². The minimum Gasteiger partial charge on any atom is -0.482 e. The lowest BCUT2D eigenvalue weighted by Crippen LogP contribution is -2.27. The molecule has 0 unspecified atom stereocenters. The van der Waals surface area contributed by atoms with Gasteiger partial charge in [0.15, 0.2) is 6.61 Å². The van der Waals surface area contributed by atoms with Gasteiger partial charge in [-0.25, -0.2) is 0 Å². The molecular weight excluding hydrogens is 292 g/mol. The van der Waals surface area contributed by atoms with Crippen molar-refractivity contribution in [2.24, 2.45) is 5.92 Å². The van der Waals surface area contributed by atoms with Gasteiger partial charge in [0.05, 0.1) is 5.69 Å². The Labute approximate surface area is 137 Å². The van der Waals surface area contributed by atoms with Crippen molar-refractivity contribution in [2.75, 3.05) is 18.5 Å². The molecule has 0 radical (unpaired) electrons. The van der Waals surface area contributed by atoms with Gasteiger partial charge in [-0.2, -0.15) is 0 Å². The fourth-order valence-corrected chi connectivity index (χ4v) is 2.55. The molecule has 0 atom stereocenters. The highest BCUT2D eigenvalue weighted by Crippen LogP contribution is 2.28. The van der Waals surface area contributed by atoms with E-state index in [9.17, 15) is 9.59 Å². The number of benzene rings is 1. The number of rotatable bonds is 8. The number of carbonyl (C=O) groups is 2. The predicted octanol–water partition coefficient (Wildman–Crippen LogP) is 3.35. The van der Waals surface area contributed by atoms with Crippen molar-refractivity contribution in [1.29, 1.82) is 0 Å². The molecule has 2 amide bonds. The van der Waals surface area contributed by atoms with E-state index in [1.165, 1.54) is 19.3 Å². The molecule has 0 aliphatic carbocycles. The normalized spacial score (nSPS) is 13.3. The molecule has 23 heavy (non-hydrogen) atoms. The van der Waals surface area contributed by atoms with E-state index in [0.29, 0.717) is 23.5 Å². The van der Waals surface area contributed by atoms with Crippen LogP contribution in [-0.2, 0) is 4.79 Å². The van der Waals surface area contributed by atoms with Gasteiger partial charge in [-0.3, -0.25) is 9.59 Å². The lowest BCUT2D eigenvalue weighted by molar-refractivity contribution is -0.118. The summed E-state index contributed by atoms with van der Waals surface area (Å²) >= 11 is 0. The lowest BCUT2D eigenvalue weighted by atomic mass is 10.0. The van der Waals surface area contributed by atoms with Crippen LogP contribution in [0, 0.1) is 5.92 Å². The van der Waals surface area contributed by atoms with E-state index >= 15 is 0 Å². The Kier molecular flexibility index (Phi) is 6.44. The maximum Gasteiger partial charge on any atom is 0.262 e. The second-order valence-electron chi connectivity index (χ2n) is 6.40. The van der Waals surface area contributed by atoms with Crippen LogP contribution in [0.25, 0.3) is 0 Å². The third-order valence-corrected chi connectivity index (χ3v) is 3.87. The van der Waals surface area contributed by atoms with Crippen molar-refractivity contribution in [1.82, 2.24) is 5.32 Å². The molecule has 2 N–H and O–H groups in total. The number of amides is 2. The van der Waals surface area contributed by atoms with Crippen LogP contribution in [0.4, 0.5) is 5.69 Å². The van der Waals surface area contributed by atoms with Crippen molar-refractivity contribution in [2.45, 2.75) is 46.0 Å². The van der Waals surface area contributed by atoms with E-state index in [1.54, 1.807) is 18.2 Å². The van der Waals surface area contributed by atoms with Crippen LogP contribution >= 0.6 is 0 Å². The first kappa shape index (κ1) is 17.3. The topological polar surface area (TPSA) is 67.4 Å². The van der Waals surface area contributed by atoms with Gasteiger partial charge in [0.1, 0.15) is 5.75 Å². The summed E-state index contributed by atoms with van der Waals surface area (Å²) in [6.45, 7) is 5.17. The van der Waals surface area contributed by atoms with E-state index in [-0.39, 0.29) is 18.4 Å². The maximum absolute atomic E-state index is 12.1. The minimum atomic E-state index is -0.174. The average Bonchev–Trinajstić information content (AvgIpc) is 2.53. The molecule has 126 valence electrons. The van der Waals surface area contributed by atoms with E-state index < -0.39 is 0 Å². The highest BCUT2D eigenvalue weighted by atomic mass is 16.5. The Morgan fingerprint density at radius 1 is 1.26 bits per heavy atom. The van der Waals surface area contributed by atoms with Crippen LogP contribution in [0.3, 0.4) is 0 Å². The van der Waals surface area contributed by atoms with Crippen LogP contribution in [0.5, 0.6) is 5.75 Å². The zero-order valence-corrected chi connectivity index (χ0v) is 14.0. The Bertz CT molecular complexity index is 555. The van der Waals surface area contributed by atoms with E-state index in [4.69, 9.17) is 4.74 Å². The summed E-state index contributed by atoms with van der Waals surface area (Å²) < 4.78 is 5.32. The summed E-state index contributed by atoms with van der Waals surface area (Å²) in [7, 11) is 0. The van der Waals surface area contributed by atoms with Crippen molar-refractivity contribution >= 4 is 17.5 Å². The number of nitrogens with one attached hydrogen (secondary N) is 2. The molecule has 1 aliphatic heterocycles. The third kappa shape index (κ3) is 5.58. The van der Waals surface area contributed by atoms with Gasteiger partial charge in [-0.05, 0) is 30.5 Å². The smallest absolute Gasteiger partial charge is 0.262 e. The molecule has 0 fully saturated rings. The first-order chi connectivity index (χ1) is 11.1. The number of fused-ring (bicyclic) bond motifs is 1. The third-order valence-electron chi connectivity index (χ3n) is 3.87. The Morgan fingerprint density at radius 3 is 2.83 bits per heavy atom. The van der Waals surface area contributed by atoms with Crippen LogP contribution in [0.1, 0.15) is 56.3 Å². The van der Waals surface area contributed by atoms with E-state index in [1.807, 2.05) is 0 Å². The fraction of sp³-hybridized carbons (Fsp3) is 0.556. The molecule has 1 aromatic rings. The molecule has 0 spiro atoms. The largest absolute Gasteiger partial charge is 0.482 e. The summed E-state index contributed by atoms with van der Waals surface area (Å²) in [4.78, 5) is 23.3. The Balaban J connectivity index is 1.71. The highest BCUT2D eigenvalue weighted by Gasteiger charge is 2.17. The predicted molar refractivity (Wildman–Crippen MR) is 90.8 cm³/mol. The number of anilines is 1. The molecule has 0 saturated heterocycles. The van der Waals surface area contributed by atoms with Crippen molar-refractivity contribution < 1.29 is 14.3 Å². The van der Waals surface area contributed by atoms with Crippen LogP contribution in [-0.4, -0.2) is 25.0 Å². The minimum absolute atomic E-state index is 0.00551. The van der Waals surface area contributed by atoms with Gasteiger partial charge in [-0.15, -0.1) is 0 Å². The lowest BCUT2D eigenvalue weighted by Gasteiger charge is -2.18. The summed E-state index contributed by atoms with van der Waals surface area (Å²) in [6, 6.07) is 5.08. The SMILES string of the molecule is CC(C)CCCCCCNC(=O)c1ccc2c(c1)OCC(=O)N2. The fourth-order valence-electron chi connectivity index (χ4n) is 2.55. The van der Waals surface area contributed by atoms with Gasteiger partial charge in [0.25, 0.3) is 11.8 Å². The summed E-state index contributed by atoms with van der Waals surface area (Å²) in [5, 5.41) is 5.64. The molecule has 1 aromatic carbocycles. The molecule has 2 rings (SSSR count). The van der Waals surface area contributed by atoms with Gasteiger partial charge < -0.3 is 15.4 Å². The van der Waals surface area contributed by atoms with E-state index in [0.717, 1.165) is 18.8 Å². The number of hydrogen-bond donors (Lipinski definition) is 2. The molecular formula is C18H26N2O3. The zero-order valence-electron chi connectivity index (χ0n) is 14.0.